The zero-order valence-electron chi connectivity index (χ0n) is 8.82. The van der Waals surface area contributed by atoms with E-state index in [0.717, 1.165) is 17.9 Å². The van der Waals surface area contributed by atoms with E-state index in [1.165, 1.54) is 4.90 Å². The Morgan fingerprint density at radius 1 is 1.27 bits per heavy atom. The summed E-state index contributed by atoms with van der Waals surface area (Å²) in [7, 11) is 0. The predicted octanol–water partition coefficient (Wildman–Crippen LogP) is 3.39. The standard InChI is InChI=1S/C9H17BrF3NS/c1-2-15-7-3-5-14(6-4-10)8-9(11,12)13/h2-8H2,1H3. The molecule has 0 aromatic rings. The van der Waals surface area contributed by atoms with E-state index < -0.39 is 12.7 Å². The Morgan fingerprint density at radius 3 is 2.40 bits per heavy atom. The topological polar surface area (TPSA) is 3.24 Å². The fourth-order valence-electron chi connectivity index (χ4n) is 1.18. The van der Waals surface area contributed by atoms with E-state index in [1.54, 1.807) is 11.8 Å². The van der Waals surface area contributed by atoms with E-state index >= 15 is 0 Å². The van der Waals surface area contributed by atoms with Crippen molar-refractivity contribution in [3.8, 4) is 0 Å². The first-order valence-corrected chi connectivity index (χ1v) is 7.20. The molecule has 6 heteroatoms. The van der Waals surface area contributed by atoms with E-state index in [9.17, 15) is 13.2 Å². The van der Waals surface area contributed by atoms with Crippen LogP contribution in [0.5, 0.6) is 0 Å². The van der Waals surface area contributed by atoms with Crippen LogP contribution < -0.4 is 0 Å². The molecule has 0 fully saturated rings. The minimum Gasteiger partial charge on any atom is -0.294 e. The van der Waals surface area contributed by atoms with Gasteiger partial charge in [-0.15, -0.1) is 0 Å². The van der Waals surface area contributed by atoms with Crippen molar-refractivity contribution in [3.63, 3.8) is 0 Å². The highest BCUT2D eigenvalue weighted by molar-refractivity contribution is 9.09. The zero-order chi connectivity index (χ0) is 11.7. The molecule has 0 unspecified atom stereocenters. The molecule has 0 aliphatic heterocycles. The molecule has 0 atom stereocenters. The maximum absolute atomic E-state index is 12.1. The SMILES string of the molecule is CCSCCCN(CCBr)CC(F)(F)F. The third-order valence-corrected chi connectivity index (χ3v) is 3.11. The van der Waals surface area contributed by atoms with Crippen molar-refractivity contribution in [3.05, 3.63) is 0 Å². The van der Waals surface area contributed by atoms with Crippen molar-refractivity contribution in [1.82, 2.24) is 4.90 Å². The van der Waals surface area contributed by atoms with Gasteiger partial charge in [0.05, 0.1) is 6.54 Å². The molecule has 0 bridgehead atoms. The third-order valence-electron chi connectivity index (χ3n) is 1.77. The van der Waals surface area contributed by atoms with Crippen LogP contribution in [0.4, 0.5) is 13.2 Å². The van der Waals surface area contributed by atoms with Gasteiger partial charge in [-0.1, -0.05) is 22.9 Å². The van der Waals surface area contributed by atoms with Gasteiger partial charge in [0.2, 0.25) is 0 Å². The summed E-state index contributed by atoms with van der Waals surface area (Å²) >= 11 is 4.93. The van der Waals surface area contributed by atoms with Crippen LogP contribution in [-0.4, -0.2) is 47.5 Å². The maximum Gasteiger partial charge on any atom is 0.401 e. The lowest BCUT2D eigenvalue weighted by atomic mass is 10.4. The largest absolute Gasteiger partial charge is 0.401 e. The van der Waals surface area contributed by atoms with Crippen molar-refractivity contribution >= 4 is 27.7 Å². The number of halogens is 4. The lowest BCUT2D eigenvalue weighted by molar-refractivity contribution is -0.145. The molecule has 0 heterocycles. The van der Waals surface area contributed by atoms with Crippen LogP contribution in [0, 0.1) is 0 Å². The van der Waals surface area contributed by atoms with Crippen molar-refractivity contribution in [2.45, 2.75) is 19.5 Å². The molecule has 0 N–H and O–H groups in total. The second-order valence-corrected chi connectivity index (χ2v) is 5.32. The van der Waals surface area contributed by atoms with Crippen LogP contribution in [0.15, 0.2) is 0 Å². The van der Waals surface area contributed by atoms with Crippen LogP contribution in [0.1, 0.15) is 13.3 Å². The molecule has 0 aromatic heterocycles. The van der Waals surface area contributed by atoms with Gasteiger partial charge in [-0.05, 0) is 24.5 Å². The number of rotatable bonds is 8. The first-order valence-electron chi connectivity index (χ1n) is 4.92. The molecule has 0 saturated carbocycles. The molecule has 15 heavy (non-hydrogen) atoms. The van der Waals surface area contributed by atoms with Gasteiger partial charge in [-0.2, -0.15) is 24.9 Å². The van der Waals surface area contributed by atoms with Gasteiger partial charge in [0.25, 0.3) is 0 Å². The Morgan fingerprint density at radius 2 is 1.93 bits per heavy atom. The molecule has 0 aliphatic carbocycles. The van der Waals surface area contributed by atoms with Crippen LogP contribution in [0.25, 0.3) is 0 Å². The van der Waals surface area contributed by atoms with Crippen LogP contribution in [0.2, 0.25) is 0 Å². The van der Waals surface area contributed by atoms with Gasteiger partial charge in [0, 0.05) is 11.9 Å². The summed E-state index contributed by atoms with van der Waals surface area (Å²) in [6.07, 6.45) is -3.26. The van der Waals surface area contributed by atoms with Gasteiger partial charge in [-0.3, -0.25) is 4.90 Å². The van der Waals surface area contributed by atoms with E-state index in [0.29, 0.717) is 18.4 Å². The first-order chi connectivity index (χ1) is 6.99. The zero-order valence-corrected chi connectivity index (χ0v) is 11.2. The minimum atomic E-state index is -4.08. The van der Waals surface area contributed by atoms with E-state index in [4.69, 9.17) is 0 Å². The molecule has 0 amide bonds. The summed E-state index contributed by atoms with van der Waals surface area (Å²) in [5.41, 5.74) is 0. The summed E-state index contributed by atoms with van der Waals surface area (Å²) in [5.74, 6) is 1.96. The monoisotopic (exact) mass is 307 g/mol. The Kier molecular flexibility index (Phi) is 9.04. The third kappa shape index (κ3) is 10.9. The fraction of sp³-hybridized carbons (Fsp3) is 1.00. The molecule has 0 aliphatic rings. The first kappa shape index (κ1) is 15.6. The smallest absolute Gasteiger partial charge is 0.294 e. The molecule has 0 radical (unpaired) electrons. The number of hydrogen-bond donors (Lipinski definition) is 0. The van der Waals surface area contributed by atoms with Crippen LogP contribution >= 0.6 is 27.7 Å². The fourth-order valence-corrected chi connectivity index (χ4v) is 2.30. The summed E-state index contributed by atoms with van der Waals surface area (Å²) < 4.78 is 36.4. The van der Waals surface area contributed by atoms with Crippen molar-refractivity contribution in [1.29, 1.82) is 0 Å². The summed E-state index contributed by atoms with van der Waals surface area (Å²) in [6.45, 7) is 2.24. The highest BCUT2D eigenvalue weighted by Gasteiger charge is 2.29. The number of thioether (sulfide) groups is 1. The van der Waals surface area contributed by atoms with Crippen LogP contribution in [-0.2, 0) is 0 Å². The van der Waals surface area contributed by atoms with Gasteiger partial charge in [-0.25, -0.2) is 0 Å². The average molecular weight is 308 g/mol. The quantitative estimate of drug-likeness (QED) is 0.499. The van der Waals surface area contributed by atoms with E-state index in [1.807, 2.05) is 0 Å². The lowest BCUT2D eigenvalue weighted by Gasteiger charge is -2.22. The Bertz CT molecular complexity index is 155. The highest BCUT2D eigenvalue weighted by atomic mass is 79.9. The second-order valence-electron chi connectivity index (χ2n) is 3.13. The second kappa shape index (κ2) is 8.70. The molecular formula is C9H17BrF3NS. The highest BCUT2D eigenvalue weighted by Crippen LogP contribution is 2.17. The predicted molar refractivity (Wildman–Crippen MR) is 63.9 cm³/mol. The minimum absolute atomic E-state index is 0.455. The number of nitrogens with zero attached hydrogens (tertiary/aromatic N) is 1. The van der Waals surface area contributed by atoms with E-state index in [2.05, 4.69) is 22.9 Å². The van der Waals surface area contributed by atoms with Gasteiger partial charge in [0.15, 0.2) is 0 Å². The maximum atomic E-state index is 12.1. The number of hydrogen-bond acceptors (Lipinski definition) is 2. The van der Waals surface area contributed by atoms with Gasteiger partial charge in [0.1, 0.15) is 0 Å². The molecular weight excluding hydrogens is 291 g/mol. The summed E-state index contributed by atoms with van der Waals surface area (Å²) in [4.78, 5) is 1.45. The van der Waals surface area contributed by atoms with Gasteiger partial charge < -0.3 is 0 Å². The van der Waals surface area contributed by atoms with Crippen molar-refractivity contribution < 1.29 is 13.2 Å². The Balaban J connectivity index is 3.73. The van der Waals surface area contributed by atoms with E-state index in [-0.39, 0.29) is 0 Å². The molecule has 0 spiro atoms. The summed E-state index contributed by atoms with van der Waals surface area (Å²) in [6, 6.07) is 0. The molecule has 92 valence electrons. The normalized spacial score (nSPS) is 12.4. The average Bonchev–Trinajstić information content (AvgIpc) is 2.10. The molecule has 0 rings (SSSR count). The van der Waals surface area contributed by atoms with Crippen molar-refractivity contribution in [2.24, 2.45) is 0 Å². The summed E-state index contributed by atoms with van der Waals surface area (Å²) in [5, 5.41) is 0.587. The molecule has 0 aromatic carbocycles. The van der Waals surface area contributed by atoms with Gasteiger partial charge >= 0.3 is 6.18 Å². The Labute approximate surface area is 102 Å². The Hall–Kier alpha value is 0.580. The lowest BCUT2D eigenvalue weighted by Crippen LogP contribution is -2.36. The molecule has 0 saturated heterocycles. The van der Waals surface area contributed by atoms with Crippen LogP contribution in [0.3, 0.4) is 0 Å². The molecule has 1 nitrogen and oxygen atoms in total. The van der Waals surface area contributed by atoms with Crippen molar-refractivity contribution in [2.75, 3.05) is 36.5 Å². The number of alkyl halides is 4.